The fraction of sp³-hybridized carbons (Fsp3) is 0.143. The van der Waals surface area contributed by atoms with E-state index in [0.717, 1.165) is 17.0 Å². The van der Waals surface area contributed by atoms with E-state index in [1.165, 1.54) is 11.1 Å². The zero-order valence-corrected chi connectivity index (χ0v) is 17.5. The fourth-order valence-corrected chi connectivity index (χ4v) is 4.37. The lowest BCUT2D eigenvalue weighted by Crippen LogP contribution is -2.27. The minimum atomic E-state index is -0.204. The Morgan fingerprint density at radius 1 is 0.613 bits per heavy atom. The third-order valence-corrected chi connectivity index (χ3v) is 5.84. The monoisotopic (exact) mass is 407 g/mol. The van der Waals surface area contributed by atoms with Crippen molar-refractivity contribution in [2.24, 2.45) is 0 Å². The summed E-state index contributed by atoms with van der Waals surface area (Å²) >= 11 is 0. The van der Waals surface area contributed by atoms with Gasteiger partial charge < -0.3 is 14.4 Å². The number of benzene rings is 4. The molecule has 0 unspecified atom stereocenters. The Morgan fingerprint density at radius 3 is 1.68 bits per heavy atom. The average molecular weight is 408 g/mol. The molecule has 0 amide bonds. The van der Waals surface area contributed by atoms with Gasteiger partial charge in [0, 0.05) is 11.3 Å². The second-order valence-electron chi connectivity index (χ2n) is 7.69. The number of methoxy groups -OCH3 is 1. The van der Waals surface area contributed by atoms with Crippen LogP contribution in [0.3, 0.4) is 0 Å². The van der Waals surface area contributed by atoms with Gasteiger partial charge in [0.2, 0.25) is 0 Å². The summed E-state index contributed by atoms with van der Waals surface area (Å²) in [6.07, 6.45) is -0.305. The highest BCUT2D eigenvalue weighted by molar-refractivity contribution is 5.55. The number of hydrogen-bond donors (Lipinski definition) is 0. The van der Waals surface area contributed by atoms with Gasteiger partial charge in [-0.1, -0.05) is 91.0 Å². The molecule has 0 radical (unpaired) electrons. The molecule has 154 valence electrons. The first-order valence-corrected chi connectivity index (χ1v) is 10.6. The van der Waals surface area contributed by atoms with Crippen LogP contribution in [-0.4, -0.2) is 7.11 Å². The lowest BCUT2D eigenvalue weighted by molar-refractivity contribution is 0.0404. The quantitative estimate of drug-likeness (QED) is 0.367. The molecular weight excluding hydrogens is 382 g/mol. The van der Waals surface area contributed by atoms with E-state index in [4.69, 9.17) is 9.47 Å². The van der Waals surface area contributed by atoms with E-state index < -0.39 is 0 Å². The Kier molecular flexibility index (Phi) is 5.42. The van der Waals surface area contributed by atoms with Crippen LogP contribution in [0.4, 0.5) is 5.69 Å². The maximum atomic E-state index is 6.82. The number of anilines is 1. The van der Waals surface area contributed by atoms with Crippen molar-refractivity contribution in [2.45, 2.75) is 18.4 Å². The minimum Gasteiger partial charge on any atom is -0.497 e. The van der Waals surface area contributed by atoms with Crippen LogP contribution in [0.2, 0.25) is 0 Å². The largest absolute Gasteiger partial charge is 0.497 e. The number of rotatable bonds is 5. The van der Waals surface area contributed by atoms with Gasteiger partial charge in [0.15, 0.2) is 6.23 Å². The molecule has 1 heterocycles. The van der Waals surface area contributed by atoms with E-state index in [1.807, 2.05) is 24.3 Å². The Balaban J connectivity index is 1.67. The van der Waals surface area contributed by atoms with Crippen molar-refractivity contribution in [2.75, 3.05) is 12.0 Å². The van der Waals surface area contributed by atoms with Crippen molar-refractivity contribution in [3.05, 3.63) is 132 Å². The Hall–Kier alpha value is -3.56. The van der Waals surface area contributed by atoms with Gasteiger partial charge in [0.25, 0.3) is 0 Å². The summed E-state index contributed by atoms with van der Waals surface area (Å²) in [7, 11) is 1.69. The van der Waals surface area contributed by atoms with Crippen molar-refractivity contribution < 1.29 is 9.47 Å². The lowest BCUT2D eigenvalue weighted by Gasteiger charge is -2.32. The van der Waals surface area contributed by atoms with E-state index >= 15 is 0 Å². The molecule has 3 atom stereocenters. The highest BCUT2D eigenvalue weighted by Crippen LogP contribution is 2.52. The van der Waals surface area contributed by atoms with Gasteiger partial charge in [-0.2, -0.15) is 0 Å². The summed E-state index contributed by atoms with van der Waals surface area (Å²) < 4.78 is 12.2. The molecule has 0 aliphatic carbocycles. The smallest absolute Gasteiger partial charge is 0.158 e. The number of nitrogens with zero attached hydrogens (tertiary/aromatic N) is 1. The maximum Gasteiger partial charge on any atom is 0.158 e. The molecule has 4 aromatic rings. The van der Waals surface area contributed by atoms with Crippen molar-refractivity contribution in [3.63, 3.8) is 0 Å². The minimum absolute atomic E-state index is 0.0298. The van der Waals surface area contributed by atoms with Crippen LogP contribution in [0.15, 0.2) is 115 Å². The molecule has 0 N–H and O–H groups in total. The highest BCUT2D eigenvalue weighted by atomic mass is 16.5. The zero-order valence-electron chi connectivity index (χ0n) is 17.5. The van der Waals surface area contributed by atoms with E-state index in [2.05, 4.69) is 95.9 Å². The molecule has 1 aliphatic heterocycles. The fourth-order valence-electron chi connectivity index (χ4n) is 4.37. The topological polar surface area (TPSA) is 21.7 Å². The van der Waals surface area contributed by atoms with Gasteiger partial charge in [-0.15, -0.1) is 0 Å². The van der Waals surface area contributed by atoms with Gasteiger partial charge >= 0.3 is 0 Å². The summed E-state index contributed by atoms with van der Waals surface area (Å²) in [6.45, 7) is 0. The van der Waals surface area contributed by atoms with Crippen molar-refractivity contribution >= 4 is 5.69 Å². The molecule has 0 spiro atoms. The molecule has 31 heavy (non-hydrogen) atoms. The molecular formula is C28H25NO2. The third kappa shape index (κ3) is 3.80. The van der Waals surface area contributed by atoms with Gasteiger partial charge in [0.1, 0.15) is 11.9 Å². The van der Waals surface area contributed by atoms with Gasteiger partial charge in [-0.3, -0.25) is 0 Å². The average Bonchev–Trinajstić information content (AvgIpc) is 3.26. The standard InChI is InChI=1S/C28H25NO2/c1-30-25-19-17-24(18-20-25)29-26(21-11-5-2-6-12-21)27(22-13-7-3-8-14-22)31-28(29)23-15-9-4-10-16-23/h2-20,26-28H,1H3/t26-,27-,28-/m0/s1. The second-order valence-corrected chi connectivity index (χ2v) is 7.69. The number of hydrogen-bond acceptors (Lipinski definition) is 3. The first kappa shape index (κ1) is 19.4. The van der Waals surface area contributed by atoms with Crippen LogP contribution in [0, 0.1) is 0 Å². The first-order valence-electron chi connectivity index (χ1n) is 10.6. The van der Waals surface area contributed by atoms with Crippen LogP contribution < -0.4 is 9.64 Å². The van der Waals surface area contributed by atoms with Crippen LogP contribution >= 0.6 is 0 Å². The number of ether oxygens (including phenoxy) is 2. The van der Waals surface area contributed by atoms with Crippen molar-refractivity contribution in [1.29, 1.82) is 0 Å². The zero-order chi connectivity index (χ0) is 21.0. The van der Waals surface area contributed by atoms with E-state index in [0.29, 0.717) is 0 Å². The maximum absolute atomic E-state index is 6.82. The van der Waals surface area contributed by atoms with Gasteiger partial charge in [-0.25, -0.2) is 0 Å². The first-order chi connectivity index (χ1) is 15.3. The molecule has 0 saturated carbocycles. The lowest BCUT2D eigenvalue weighted by atomic mass is 9.94. The van der Waals surface area contributed by atoms with Crippen molar-refractivity contribution in [3.8, 4) is 5.75 Å². The van der Waals surface area contributed by atoms with Crippen LogP contribution in [0.1, 0.15) is 35.1 Å². The Morgan fingerprint density at radius 2 is 1.13 bits per heavy atom. The normalized spacial score (nSPS) is 20.5. The molecule has 1 saturated heterocycles. The Bertz CT molecular complexity index is 1100. The molecule has 1 fully saturated rings. The molecule has 3 nitrogen and oxygen atoms in total. The van der Waals surface area contributed by atoms with Gasteiger partial charge in [0.05, 0.1) is 13.2 Å². The highest BCUT2D eigenvalue weighted by Gasteiger charge is 2.44. The summed E-state index contributed by atoms with van der Waals surface area (Å²) in [5.74, 6) is 0.844. The van der Waals surface area contributed by atoms with E-state index in [-0.39, 0.29) is 18.4 Å². The predicted molar refractivity (Wildman–Crippen MR) is 124 cm³/mol. The SMILES string of the molecule is COc1ccc(N2[C@H](c3ccccc3)O[C@@H](c3ccccc3)[C@@H]2c2ccccc2)cc1. The molecule has 3 heteroatoms. The molecule has 0 aromatic heterocycles. The van der Waals surface area contributed by atoms with Gasteiger partial charge in [-0.05, 0) is 35.4 Å². The van der Waals surface area contributed by atoms with Crippen molar-refractivity contribution in [1.82, 2.24) is 0 Å². The van der Waals surface area contributed by atoms with Crippen LogP contribution in [-0.2, 0) is 4.74 Å². The third-order valence-electron chi connectivity index (χ3n) is 5.84. The van der Waals surface area contributed by atoms with E-state index in [9.17, 15) is 0 Å². The second kappa shape index (κ2) is 8.66. The summed E-state index contributed by atoms with van der Waals surface area (Å²) in [4.78, 5) is 2.39. The molecule has 0 bridgehead atoms. The van der Waals surface area contributed by atoms with E-state index in [1.54, 1.807) is 7.11 Å². The van der Waals surface area contributed by atoms with Crippen LogP contribution in [0.25, 0.3) is 0 Å². The Labute approximate surface area is 183 Å². The molecule has 1 aliphatic rings. The van der Waals surface area contributed by atoms with Crippen LogP contribution in [0.5, 0.6) is 5.75 Å². The summed E-state index contributed by atoms with van der Waals surface area (Å²) in [5.41, 5.74) is 4.64. The molecule has 5 rings (SSSR count). The predicted octanol–water partition coefficient (Wildman–Crippen LogP) is 6.71. The molecule has 4 aromatic carbocycles. The summed E-state index contributed by atoms with van der Waals surface area (Å²) in [5, 5.41) is 0. The summed E-state index contributed by atoms with van der Waals surface area (Å²) in [6, 6.07) is 39.9.